The fourth-order valence-electron chi connectivity index (χ4n) is 10.9. The van der Waals surface area contributed by atoms with Crippen molar-refractivity contribution in [2.24, 2.45) is 35.5 Å². The van der Waals surface area contributed by atoms with E-state index in [1.165, 1.54) is 116 Å². The Morgan fingerprint density at radius 1 is 0.378 bits per heavy atom. The minimum Gasteiger partial charge on any atom is -0.317 e. The number of halogens is 1. The van der Waals surface area contributed by atoms with Crippen LogP contribution in [0.25, 0.3) is 0 Å². The number of hydrogen-bond donors (Lipinski definition) is 4. The van der Waals surface area contributed by atoms with Crippen molar-refractivity contribution in [2.75, 3.05) is 39.3 Å². The Morgan fingerprint density at radius 3 is 0.892 bits per heavy atom. The van der Waals surface area contributed by atoms with Crippen molar-refractivity contribution >= 4 is 12.4 Å². The highest BCUT2D eigenvalue weighted by atomic mass is 35.5. The summed E-state index contributed by atoms with van der Waals surface area (Å²) >= 11 is 0. The van der Waals surface area contributed by atoms with Gasteiger partial charge < -0.3 is 21.3 Å². The maximum absolute atomic E-state index is 4.06. The first kappa shape index (κ1) is 28.7. The fraction of sp³-hybridized carbons (Fsp3) is 1.00. The van der Waals surface area contributed by atoms with Crippen LogP contribution in [-0.4, -0.2) is 50.3 Å². The van der Waals surface area contributed by atoms with E-state index in [1.54, 1.807) is 38.5 Å². The topological polar surface area (TPSA) is 48.1 Å². The van der Waals surface area contributed by atoms with Crippen LogP contribution in [0.5, 0.6) is 0 Å². The molecule has 0 heterocycles. The molecule has 0 atom stereocenters. The maximum Gasteiger partial charge on any atom is 0.0189 e. The molecule has 0 spiro atoms. The van der Waals surface area contributed by atoms with Gasteiger partial charge in [-0.3, -0.25) is 0 Å². The Bertz CT molecular complexity index is 568. The minimum atomic E-state index is 0. The second kappa shape index (κ2) is 13.2. The zero-order chi connectivity index (χ0) is 24.3. The van der Waals surface area contributed by atoms with E-state index in [0.717, 1.165) is 35.5 Å². The van der Waals surface area contributed by atoms with Gasteiger partial charge in [0.05, 0.1) is 0 Å². The standard InChI is InChI=1S/C32H58N4.ClH/c1(7-33-9-3-5-11-35-31-19-25-13-26(20-31)15-27(14-25)21-31)2-8-34-10-4-6-12-36-32-22-28-16-29(23-32)18-30(17-28)24-32;/h25-30,33-36H,1-24H2;1H. The quantitative estimate of drug-likeness (QED) is 0.172. The molecule has 8 fully saturated rings. The van der Waals surface area contributed by atoms with Crippen molar-refractivity contribution < 1.29 is 0 Å². The van der Waals surface area contributed by atoms with Crippen LogP contribution >= 0.6 is 12.4 Å². The summed E-state index contributed by atoms with van der Waals surface area (Å²) in [6, 6.07) is 0. The van der Waals surface area contributed by atoms with Crippen molar-refractivity contribution in [1.29, 1.82) is 0 Å². The van der Waals surface area contributed by atoms with Gasteiger partial charge in [0, 0.05) is 11.1 Å². The second-order valence-electron chi connectivity index (χ2n) is 14.9. The molecule has 0 aromatic carbocycles. The third kappa shape index (κ3) is 7.46. The van der Waals surface area contributed by atoms with E-state index in [4.69, 9.17) is 0 Å². The summed E-state index contributed by atoms with van der Waals surface area (Å²) < 4.78 is 0. The molecule has 0 saturated heterocycles. The maximum atomic E-state index is 4.06. The first-order valence-electron chi connectivity index (χ1n) is 16.6. The first-order chi connectivity index (χ1) is 17.7. The zero-order valence-electron chi connectivity index (χ0n) is 23.8. The Hall–Kier alpha value is 0.130. The second-order valence-corrected chi connectivity index (χ2v) is 14.9. The highest BCUT2D eigenvalue weighted by Crippen LogP contribution is 2.56. The molecule has 4 nitrogen and oxygen atoms in total. The number of unbranched alkanes of at least 4 members (excludes halogenated alkanes) is 3. The molecule has 5 heteroatoms. The number of rotatable bonds is 17. The van der Waals surface area contributed by atoms with Crippen molar-refractivity contribution in [2.45, 2.75) is 127 Å². The van der Waals surface area contributed by atoms with Crippen LogP contribution in [0, 0.1) is 35.5 Å². The zero-order valence-corrected chi connectivity index (χ0v) is 24.7. The summed E-state index contributed by atoms with van der Waals surface area (Å²) in [7, 11) is 0. The Balaban J connectivity index is 0.00000280. The largest absolute Gasteiger partial charge is 0.317 e. The van der Waals surface area contributed by atoms with Gasteiger partial charge in [0.2, 0.25) is 0 Å². The Kier molecular flexibility index (Phi) is 10.2. The normalized spacial score (nSPS) is 40.9. The lowest BCUT2D eigenvalue weighted by atomic mass is 9.53. The minimum absolute atomic E-state index is 0. The highest BCUT2D eigenvalue weighted by Gasteiger charge is 2.51. The lowest BCUT2D eigenvalue weighted by molar-refractivity contribution is -0.0197. The molecule has 37 heavy (non-hydrogen) atoms. The molecule has 8 aliphatic rings. The van der Waals surface area contributed by atoms with Crippen LogP contribution < -0.4 is 21.3 Å². The molecule has 0 aromatic rings. The monoisotopic (exact) mass is 534 g/mol. The van der Waals surface area contributed by atoms with E-state index < -0.39 is 0 Å². The van der Waals surface area contributed by atoms with Crippen LogP contribution in [0.2, 0.25) is 0 Å². The van der Waals surface area contributed by atoms with Gasteiger partial charge in [-0.25, -0.2) is 0 Å². The van der Waals surface area contributed by atoms with Crippen molar-refractivity contribution in [1.82, 2.24) is 21.3 Å². The molecule has 0 radical (unpaired) electrons. The third-order valence-electron chi connectivity index (χ3n) is 11.6. The third-order valence-corrected chi connectivity index (χ3v) is 11.6. The van der Waals surface area contributed by atoms with E-state index in [2.05, 4.69) is 21.3 Å². The van der Waals surface area contributed by atoms with E-state index >= 15 is 0 Å². The van der Waals surface area contributed by atoms with Crippen molar-refractivity contribution in [3.63, 3.8) is 0 Å². The molecule has 8 bridgehead atoms. The smallest absolute Gasteiger partial charge is 0.0189 e. The summed E-state index contributed by atoms with van der Waals surface area (Å²) in [5.74, 6) is 6.38. The number of hydrogen-bond acceptors (Lipinski definition) is 4. The van der Waals surface area contributed by atoms with Gasteiger partial charge in [0.25, 0.3) is 0 Å². The van der Waals surface area contributed by atoms with Gasteiger partial charge in [-0.2, -0.15) is 0 Å². The summed E-state index contributed by atoms with van der Waals surface area (Å²) in [4.78, 5) is 0. The Morgan fingerprint density at radius 2 is 0.622 bits per heavy atom. The van der Waals surface area contributed by atoms with E-state index in [1.807, 2.05) is 0 Å². The van der Waals surface area contributed by atoms with Crippen LogP contribution in [0.1, 0.15) is 116 Å². The number of nitrogens with one attached hydrogen (secondary N) is 4. The average molecular weight is 535 g/mol. The van der Waals surface area contributed by atoms with E-state index in [0.29, 0.717) is 11.1 Å². The average Bonchev–Trinajstić information content (AvgIpc) is 2.82. The molecule has 8 aliphatic carbocycles. The molecule has 0 unspecified atom stereocenters. The molecule has 8 saturated carbocycles. The summed E-state index contributed by atoms with van der Waals surface area (Å²) in [5, 5.41) is 15.5. The predicted molar refractivity (Wildman–Crippen MR) is 159 cm³/mol. The summed E-state index contributed by atoms with van der Waals surface area (Å²) in [5.41, 5.74) is 1.11. The van der Waals surface area contributed by atoms with Crippen LogP contribution in [0.15, 0.2) is 0 Å². The lowest BCUT2D eigenvalue weighted by Gasteiger charge is -2.57. The van der Waals surface area contributed by atoms with Gasteiger partial charge in [0.15, 0.2) is 0 Å². The van der Waals surface area contributed by atoms with E-state index in [9.17, 15) is 0 Å². The fourth-order valence-corrected chi connectivity index (χ4v) is 10.9. The van der Waals surface area contributed by atoms with Crippen LogP contribution in [-0.2, 0) is 0 Å². The highest BCUT2D eigenvalue weighted by molar-refractivity contribution is 5.85. The predicted octanol–water partition coefficient (Wildman–Crippen LogP) is 6.04. The van der Waals surface area contributed by atoms with Crippen LogP contribution in [0.3, 0.4) is 0 Å². The molecule has 0 amide bonds. The lowest BCUT2D eigenvalue weighted by Crippen LogP contribution is -2.58. The van der Waals surface area contributed by atoms with Gasteiger partial charge in [0.1, 0.15) is 0 Å². The SMILES string of the molecule is C(CCNCCCCNC12CC3CC(CC(C3)C1)C2)CNCCCCNC12CC3CC(CC(C3)C1)C2.Cl. The summed E-state index contributed by atoms with van der Waals surface area (Å²) in [6.07, 6.45) is 26.2. The molecular formula is C32H59ClN4. The first-order valence-corrected chi connectivity index (χ1v) is 16.6. The van der Waals surface area contributed by atoms with Gasteiger partial charge in [-0.05, 0) is 190 Å². The molecular weight excluding hydrogens is 476 g/mol. The summed E-state index contributed by atoms with van der Waals surface area (Å²) in [6.45, 7) is 7.28. The molecule has 4 N–H and O–H groups in total. The molecule has 0 aliphatic heterocycles. The van der Waals surface area contributed by atoms with Gasteiger partial charge in [-0.15, -0.1) is 12.4 Å². The van der Waals surface area contributed by atoms with Crippen molar-refractivity contribution in [3.05, 3.63) is 0 Å². The van der Waals surface area contributed by atoms with E-state index in [-0.39, 0.29) is 12.4 Å². The molecule has 214 valence electrons. The van der Waals surface area contributed by atoms with Gasteiger partial charge in [-0.1, -0.05) is 0 Å². The van der Waals surface area contributed by atoms with Gasteiger partial charge >= 0.3 is 0 Å². The Labute approximate surface area is 234 Å². The van der Waals surface area contributed by atoms with Crippen molar-refractivity contribution in [3.8, 4) is 0 Å². The molecule has 8 rings (SSSR count). The molecule has 0 aromatic heterocycles. The van der Waals surface area contributed by atoms with Crippen LogP contribution in [0.4, 0.5) is 0 Å².